The number of hydrogen-bond acceptors (Lipinski definition) is 3. The van der Waals surface area contributed by atoms with Gasteiger partial charge in [-0.2, -0.15) is 0 Å². The van der Waals surface area contributed by atoms with E-state index in [1.807, 2.05) is 6.07 Å². The van der Waals surface area contributed by atoms with Gasteiger partial charge in [-0.25, -0.2) is 0 Å². The van der Waals surface area contributed by atoms with E-state index < -0.39 is 0 Å². The van der Waals surface area contributed by atoms with Crippen LogP contribution in [-0.4, -0.2) is 6.71 Å². The fourth-order valence-electron chi connectivity index (χ4n) is 9.77. The number of benzene rings is 8. The molecule has 59 heavy (non-hydrogen) atoms. The second kappa shape index (κ2) is 12.7. The van der Waals surface area contributed by atoms with E-state index in [-0.39, 0.29) is 17.5 Å². The quantitative estimate of drug-likeness (QED) is 0.167. The van der Waals surface area contributed by atoms with Crippen molar-refractivity contribution in [3.05, 3.63) is 174 Å². The van der Waals surface area contributed by atoms with Crippen molar-refractivity contribution in [3.8, 4) is 11.1 Å². The number of hydrogen-bond donors (Lipinski definition) is 0. The van der Waals surface area contributed by atoms with Crippen molar-refractivity contribution in [3.63, 3.8) is 0 Å². The molecule has 2 aliphatic heterocycles. The molecule has 2 aliphatic rings. The van der Waals surface area contributed by atoms with Gasteiger partial charge in [0.25, 0.3) is 6.71 Å². The standard InChI is InChI=1S/C55H47BN2O/c1-34-30-49-52-50(31-34)58(46-20-12-15-35-14-8-9-16-40(35)46)47-29-25-37(54(2,3)4)32-45(47)56(52)44-28-24-38(55(5,6)7)33-48(44)57(49)39-26-22-36(23-27-39)41-18-13-19-43-42-17-10-11-21-51(42)59-53(41)43/h8-33H,1-7H3. The Labute approximate surface area is 347 Å². The summed E-state index contributed by atoms with van der Waals surface area (Å²) in [6.45, 7) is 16.2. The molecular formula is C55H47BN2O. The van der Waals surface area contributed by atoms with Gasteiger partial charge in [0.2, 0.25) is 0 Å². The van der Waals surface area contributed by atoms with Gasteiger partial charge in [-0.1, -0.05) is 151 Å². The molecule has 286 valence electrons. The van der Waals surface area contributed by atoms with Gasteiger partial charge >= 0.3 is 0 Å². The van der Waals surface area contributed by atoms with E-state index in [0.29, 0.717) is 0 Å². The Balaban J connectivity index is 1.17. The summed E-state index contributed by atoms with van der Waals surface area (Å²) in [4.78, 5) is 5.09. The summed E-state index contributed by atoms with van der Waals surface area (Å²) in [6, 6.07) is 58.8. The molecular weight excluding hydrogens is 715 g/mol. The van der Waals surface area contributed by atoms with Crippen LogP contribution in [0.25, 0.3) is 43.8 Å². The van der Waals surface area contributed by atoms with Gasteiger partial charge in [0.05, 0.1) is 5.69 Å². The van der Waals surface area contributed by atoms with E-state index in [1.165, 1.54) is 72.3 Å². The Kier molecular flexibility index (Phi) is 7.69. The molecule has 0 saturated carbocycles. The number of furan rings is 1. The molecule has 1 aromatic heterocycles. The normalized spacial score (nSPS) is 13.6. The van der Waals surface area contributed by atoms with Crippen LogP contribution in [0, 0.1) is 6.92 Å². The highest BCUT2D eigenvalue weighted by atomic mass is 16.3. The molecule has 0 aliphatic carbocycles. The first-order valence-corrected chi connectivity index (χ1v) is 21.0. The van der Waals surface area contributed by atoms with Crippen LogP contribution in [0.15, 0.2) is 162 Å². The Morgan fingerprint density at radius 3 is 1.90 bits per heavy atom. The molecule has 0 radical (unpaired) electrons. The zero-order valence-corrected chi connectivity index (χ0v) is 34.9. The monoisotopic (exact) mass is 762 g/mol. The minimum absolute atomic E-state index is 0.0102. The molecule has 0 saturated heterocycles. The lowest BCUT2D eigenvalue weighted by Crippen LogP contribution is -2.61. The summed E-state index contributed by atoms with van der Waals surface area (Å²) < 4.78 is 6.50. The molecule has 0 amide bonds. The number of nitrogens with zero attached hydrogens (tertiary/aromatic N) is 2. The van der Waals surface area contributed by atoms with Crippen molar-refractivity contribution in [1.82, 2.24) is 0 Å². The average Bonchev–Trinajstić information content (AvgIpc) is 3.61. The molecule has 8 aromatic carbocycles. The smallest absolute Gasteiger partial charge is 0.252 e. The molecule has 3 heterocycles. The van der Waals surface area contributed by atoms with Crippen LogP contribution in [0.3, 0.4) is 0 Å². The zero-order chi connectivity index (χ0) is 40.4. The van der Waals surface area contributed by atoms with E-state index >= 15 is 0 Å². The van der Waals surface area contributed by atoms with Gasteiger partial charge < -0.3 is 14.2 Å². The largest absolute Gasteiger partial charge is 0.455 e. The van der Waals surface area contributed by atoms with Gasteiger partial charge in [-0.3, -0.25) is 0 Å². The Morgan fingerprint density at radius 1 is 0.475 bits per heavy atom. The average molecular weight is 763 g/mol. The predicted octanol–water partition coefficient (Wildman–Crippen LogP) is 13.4. The first kappa shape index (κ1) is 35.6. The molecule has 0 unspecified atom stereocenters. The first-order chi connectivity index (χ1) is 28.4. The number of para-hydroxylation sites is 2. The van der Waals surface area contributed by atoms with Crippen LogP contribution in [0.1, 0.15) is 58.2 Å². The molecule has 4 heteroatoms. The van der Waals surface area contributed by atoms with Crippen LogP contribution in [0.2, 0.25) is 0 Å². The van der Waals surface area contributed by atoms with Crippen LogP contribution in [-0.2, 0) is 10.8 Å². The van der Waals surface area contributed by atoms with Gasteiger partial charge in [-0.05, 0) is 110 Å². The van der Waals surface area contributed by atoms with Gasteiger partial charge in [0.15, 0.2) is 0 Å². The molecule has 9 aromatic rings. The fraction of sp³-hybridized carbons (Fsp3) is 0.164. The Morgan fingerprint density at radius 2 is 1.12 bits per heavy atom. The van der Waals surface area contributed by atoms with E-state index in [0.717, 1.165) is 38.8 Å². The van der Waals surface area contributed by atoms with Gasteiger partial charge in [0, 0.05) is 50.2 Å². The molecule has 11 rings (SSSR count). The van der Waals surface area contributed by atoms with Crippen LogP contribution in [0.5, 0.6) is 0 Å². The summed E-state index contributed by atoms with van der Waals surface area (Å²) in [5, 5.41) is 4.77. The minimum atomic E-state index is -0.0249. The molecule has 0 atom stereocenters. The molecule has 0 bridgehead atoms. The summed E-state index contributed by atoms with van der Waals surface area (Å²) in [5.41, 5.74) is 19.2. The van der Waals surface area contributed by atoms with Gasteiger partial charge in [-0.15, -0.1) is 0 Å². The van der Waals surface area contributed by atoms with Crippen molar-refractivity contribution in [2.24, 2.45) is 0 Å². The third-order valence-electron chi connectivity index (χ3n) is 12.8. The SMILES string of the molecule is Cc1cc2c3c(c1)N(c1cccc4ccccc14)c1ccc(C(C)(C)C)cc1B3c1ccc(C(C)(C)C)cc1N2c1ccc(-c2cccc3c2oc2ccccc23)cc1. The second-order valence-electron chi connectivity index (χ2n) is 18.7. The van der Waals surface area contributed by atoms with E-state index in [9.17, 15) is 0 Å². The Hall–Kier alpha value is -6.52. The molecule has 3 nitrogen and oxygen atoms in total. The highest BCUT2D eigenvalue weighted by Crippen LogP contribution is 2.47. The number of fused-ring (bicyclic) bond motifs is 8. The summed E-state index contributed by atoms with van der Waals surface area (Å²) in [7, 11) is 0. The van der Waals surface area contributed by atoms with Crippen molar-refractivity contribution < 1.29 is 4.42 Å². The Bertz CT molecular complexity index is 3150. The topological polar surface area (TPSA) is 19.6 Å². The highest BCUT2D eigenvalue weighted by molar-refractivity contribution is 7.00. The third kappa shape index (κ3) is 5.49. The second-order valence-corrected chi connectivity index (χ2v) is 18.7. The highest BCUT2D eigenvalue weighted by Gasteiger charge is 2.44. The van der Waals surface area contributed by atoms with Crippen LogP contribution >= 0.6 is 0 Å². The third-order valence-corrected chi connectivity index (χ3v) is 12.8. The number of aryl methyl sites for hydroxylation is 1. The van der Waals surface area contributed by atoms with Crippen LogP contribution < -0.4 is 26.2 Å². The van der Waals surface area contributed by atoms with E-state index in [1.54, 1.807) is 0 Å². The van der Waals surface area contributed by atoms with Crippen molar-refractivity contribution in [2.45, 2.75) is 59.3 Å². The minimum Gasteiger partial charge on any atom is -0.455 e. The lowest BCUT2D eigenvalue weighted by Gasteiger charge is -2.45. The lowest BCUT2D eigenvalue weighted by molar-refractivity contribution is 0.590. The van der Waals surface area contributed by atoms with Crippen LogP contribution in [0.4, 0.5) is 34.1 Å². The van der Waals surface area contributed by atoms with Gasteiger partial charge in [0.1, 0.15) is 11.2 Å². The fourth-order valence-corrected chi connectivity index (χ4v) is 9.77. The number of rotatable bonds is 3. The molecule has 0 spiro atoms. The van der Waals surface area contributed by atoms with E-state index in [2.05, 4.69) is 210 Å². The molecule has 0 N–H and O–H groups in total. The molecule has 0 fully saturated rings. The summed E-state index contributed by atoms with van der Waals surface area (Å²) in [6.07, 6.45) is 0. The number of anilines is 6. The summed E-state index contributed by atoms with van der Waals surface area (Å²) >= 11 is 0. The van der Waals surface area contributed by atoms with E-state index in [4.69, 9.17) is 4.42 Å². The first-order valence-electron chi connectivity index (χ1n) is 21.0. The maximum Gasteiger partial charge on any atom is 0.252 e. The maximum absolute atomic E-state index is 6.50. The maximum atomic E-state index is 6.50. The predicted molar refractivity (Wildman–Crippen MR) is 253 cm³/mol. The lowest BCUT2D eigenvalue weighted by atomic mass is 9.33. The van der Waals surface area contributed by atoms with Crippen molar-refractivity contribution in [2.75, 3.05) is 9.80 Å². The zero-order valence-electron chi connectivity index (χ0n) is 34.9. The van der Waals surface area contributed by atoms with Crippen molar-refractivity contribution in [1.29, 1.82) is 0 Å². The van der Waals surface area contributed by atoms with Crippen molar-refractivity contribution >= 4 is 89.9 Å². The summed E-state index contributed by atoms with van der Waals surface area (Å²) in [5.74, 6) is 0.